The zero-order valence-electron chi connectivity index (χ0n) is 8.31. The summed E-state index contributed by atoms with van der Waals surface area (Å²) in [6, 6.07) is 5.00. The van der Waals surface area contributed by atoms with Gasteiger partial charge in [-0.05, 0) is 28.1 Å². The van der Waals surface area contributed by atoms with E-state index < -0.39 is 5.97 Å². The molecule has 0 radical (unpaired) electrons. The second-order valence-corrected chi connectivity index (χ2v) is 3.67. The maximum atomic E-state index is 11.2. The fraction of sp³-hybridized carbons (Fsp3) is 0.100. The molecule has 2 aromatic rings. The van der Waals surface area contributed by atoms with E-state index in [-0.39, 0.29) is 5.69 Å². The third-order valence-corrected chi connectivity index (χ3v) is 2.31. The van der Waals surface area contributed by atoms with Crippen LogP contribution in [0.15, 0.2) is 33.6 Å². The first kappa shape index (κ1) is 10.8. The van der Waals surface area contributed by atoms with Crippen LogP contribution in [-0.4, -0.2) is 23.0 Å². The van der Waals surface area contributed by atoms with E-state index in [2.05, 4.69) is 30.6 Å². The molecule has 2 rings (SSSR count). The fourth-order valence-electron chi connectivity index (χ4n) is 1.16. The number of nitrogens with zero attached hydrogens (tertiary/aromatic N) is 2. The molecule has 82 valence electrons. The molecule has 0 spiro atoms. The molecule has 0 aliphatic carbocycles. The summed E-state index contributed by atoms with van der Waals surface area (Å²) in [7, 11) is 1.30. The Bertz CT molecular complexity index is 524. The normalized spacial score (nSPS) is 10.1. The number of hydrogen-bond donors (Lipinski definition) is 0. The maximum Gasteiger partial charge on any atom is 0.356 e. The van der Waals surface area contributed by atoms with Crippen molar-refractivity contribution in [2.24, 2.45) is 0 Å². The maximum absolute atomic E-state index is 11.2. The highest BCUT2D eigenvalue weighted by Crippen LogP contribution is 2.23. The van der Waals surface area contributed by atoms with Crippen LogP contribution in [0.5, 0.6) is 0 Å². The largest absolute Gasteiger partial charge is 0.464 e. The number of carbonyl (C=O) groups excluding carboxylic acids is 1. The summed E-state index contributed by atoms with van der Waals surface area (Å²) in [6.45, 7) is 0. The minimum absolute atomic E-state index is 0.194. The number of ether oxygens (including phenoxy) is 1. The molecule has 5 nitrogen and oxygen atoms in total. The Labute approximate surface area is 99.6 Å². The van der Waals surface area contributed by atoms with Gasteiger partial charge in [-0.15, -0.1) is 0 Å². The van der Waals surface area contributed by atoms with E-state index in [1.165, 1.54) is 19.5 Å². The molecule has 0 aliphatic rings. The van der Waals surface area contributed by atoms with Gasteiger partial charge in [-0.3, -0.25) is 0 Å². The van der Waals surface area contributed by atoms with Gasteiger partial charge in [-0.25, -0.2) is 14.8 Å². The molecular formula is C10H7BrN2O3. The van der Waals surface area contributed by atoms with Crippen molar-refractivity contribution in [1.29, 1.82) is 0 Å². The third kappa shape index (κ3) is 2.11. The second-order valence-electron chi connectivity index (χ2n) is 2.88. The molecule has 2 heterocycles. The number of carbonyl (C=O) groups is 1. The van der Waals surface area contributed by atoms with Gasteiger partial charge in [0, 0.05) is 6.07 Å². The zero-order chi connectivity index (χ0) is 11.5. The monoisotopic (exact) mass is 282 g/mol. The summed E-state index contributed by atoms with van der Waals surface area (Å²) >= 11 is 3.19. The van der Waals surface area contributed by atoms with Crippen molar-refractivity contribution < 1.29 is 13.9 Å². The van der Waals surface area contributed by atoms with E-state index in [9.17, 15) is 4.79 Å². The lowest BCUT2D eigenvalue weighted by Crippen LogP contribution is -2.04. The lowest BCUT2D eigenvalue weighted by Gasteiger charge is -1.99. The van der Waals surface area contributed by atoms with Gasteiger partial charge in [0.2, 0.25) is 0 Å². The molecule has 0 aromatic carbocycles. The lowest BCUT2D eigenvalue weighted by atomic mass is 10.3. The number of furan rings is 1. The van der Waals surface area contributed by atoms with Crippen molar-refractivity contribution in [3.63, 3.8) is 0 Å². The van der Waals surface area contributed by atoms with Gasteiger partial charge in [0.1, 0.15) is 12.0 Å². The number of hydrogen-bond acceptors (Lipinski definition) is 5. The summed E-state index contributed by atoms with van der Waals surface area (Å²) < 4.78 is 10.5. The minimum atomic E-state index is -0.505. The molecule has 0 amide bonds. The van der Waals surface area contributed by atoms with Gasteiger partial charge in [0.15, 0.2) is 16.1 Å². The van der Waals surface area contributed by atoms with Gasteiger partial charge < -0.3 is 9.15 Å². The Morgan fingerprint density at radius 3 is 2.88 bits per heavy atom. The Balaban J connectivity index is 2.39. The average molecular weight is 283 g/mol. The molecule has 16 heavy (non-hydrogen) atoms. The van der Waals surface area contributed by atoms with Gasteiger partial charge in [0.05, 0.1) is 7.11 Å². The lowest BCUT2D eigenvalue weighted by molar-refractivity contribution is 0.0594. The van der Waals surface area contributed by atoms with Crippen molar-refractivity contribution in [3.05, 3.63) is 34.9 Å². The standard InChI is InChI=1S/C10H7BrN2O3/c1-15-10(14)7-4-6(12-5-13-7)8-2-3-9(11)16-8/h2-5H,1H3. The van der Waals surface area contributed by atoms with Crippen LogP contribution in [0, 0.1) is 0 Å². The van der Waals surface area contributed by atoms with Crippen LogP contribution in [0.3, 0.4) is 0 Å². The second kappa shape index (κ2) is 4.44. The number of rotatable bonds is 2. The molecule has 0 N–H and O–H groups in total. The van der Waals surface area contributed by atoms with E-state index in [4.69, 9.17) is 4.42 Å². The fourth-order valence-corrected chi connectivity index (χ4v) is 1.47. The highest BCUT2D eigenvalue weighted by Gasteiger charge is 2.11. The van der Waals surface area contributed by atoms with Crippen molar-refractivity contribution in [3.8, 4) is 11.5 Å². The van der Waals surface area contributed by atoms with Crippen LogP contribution in [0.4, 0.5) is 0 Å². The van der Waals surface area contributed by atoms with Crippen LogP contribution in [0.25, 0.3) is 11.5 Å². The molecule has 0 aliphatic heterocycles. The predicted octanol–water partition coefficient (Wildman–Crippen LogP) is 2.29. The van der Waals surface area contributed by atoms with Crippen molar-refractivity contribution in [2.45, 2.75) is 0 Å². The summed E-state index contributed by atoms with van der Waals surface area (Å²) in [4.78, 5) is 19.1. The van der Waals surface area contributed by atoms with E-state index >= 15 is 0 Å². The summed E-state index contributed by atoms with van der Waals surface area (Å²) in [5, 5.41) is 0. The first-order chi connectivity index (χ1) is 7.70. The summed E-state index contributed by atoms with van der Waals surface area (Å²) in [5.74, 6) is 0.0497. The van der Waals surface area contributed by atoms with Crippen LogP contribution in [-0.2, 0) is 4.74 Å². The van der Waals surface area contributed by atoms with E-state index in [0.717, 1.165) is 0 Å². The Kier molecular flexibility index (Phi) is 3.00. The number of halogens is 1. The molecule has 0 unspecified atom stereocenters. The number of aromatic nitrogens is 2. The molecule has 6 heteroatoms. The Hall–Kier alpha value is -1.69. The van der Waals surface area contributed by atoms with Gasteiger partial charge >= 0.3 is 5.97 Å². The third-order valence-electron chi connectivity index (χ3n) is 1.89. The quantitative estimate of drug-likeness (QED) is 0.791. The minimum Gasteiger partial charge on any atom is -0.464 e. The van der Waals surface area contributed by atoms with E-state index in [1.807, 2.05) is 0 Å². The van der Waals surface area contributed by atoms with E-state index in [1.54, 1.807) is 12.1 Å². The number of methoxy groups -OCH3 is 1. The molecule has 0 atom stereocenters. The summed E-state index contributed by atoms with van der Waals surface area (Å²) in [5.41, 5.74) is 0.723. The first-order valence-corrected chi connectivity index (χ1v) is 5.16. The van der Waals surface area contributed by atoms with E-state index in [0.29, 0.717) is 16.1 Å². The highest BCUT2D eigenvalue weighted by atomic mass is 79.9. The van der Waals surface area contributed by atoms with Crippen molar-refractivity contribution in [1.82, 2.24) is 9.97 Å². The van der Waals surface area contributed by atoms with Crippen molar-refractivity contribution in [2.75, 3.05) is 7.11 Å². The molecule has 2 aromatic heterocycles. The smallest absolute Gasteiger partial charge is 0.356 e. The average Bonchev–Trinajstić information content (AvgIpc) is 2.75. The molecule has 0 bridgehead atoms. The van der Waals surface area contributed by atoms with Gasteiger partial charge in [0.25, 0.3) is 0 Å². The molecule has 0 saturated carbocycles. The summed E-state index contributed by atoms with van der Waals surface area (Å²) in [6.07, 6.45) is 1.29. The molecular weight excluding hydrogens is 276 g/mol. The van der Waals surface area contributed by atoms with Crippen LogP contribution >= 0.6 is 15.9 Å². The first-order valence-electron chi connectivity index (χ1n) is 4.37. The Morgan fingerprint density at radius 1 is 1.44 bits per heavy atom. The molecule has 0 fully saturated rings. The van der Waals surface area contributed by atoms with Crippen LogP contribution in [0.2, 0.25) is 0 Å². The SMILES string of the molecule is COC(=O)c1cc(-c2ccc(Br)o2)ncn1. The highest BCUT2D eigenvalue weighted by molar-refractivity contribution is 9.10. The van der Waals surface area contributed by atoms with Crippen LogP contribution in [0.1, 0.15) is 10.5 Å². The van der Waals surface area contributed by atoms with Crippen LogP contribution < -0.4 is 0 Å². The predicted molar refractivity (Wildman–Crippen MR) is 58.8 cm³/mol. The Morgan fingerprint density at radius 2 is 2.25 bits per heavy atom. The number of esters is 1. The topological polar surface area (TPSA) is 65.2 Å². The zero-order valence-corrected chi connectivity index (χ0v) is 9.89. The van der Waals surface area contributed by atoms with Crippen molar-refractivity contribution >= 4 is 21.9 Å². The van der Waals surface area contributed by atoms with Gasteiger partial charge in [-0.1, -0.05) is 0 Å². The molecule has 0 saturated heterocycles. The van der Waals surface area contributed by atoms with Gasteiger partial charge in [-0.2, -0.15) is 0 Å².